The van der Waals surface area contributed by atoms with Gasteiger partial charge in [0.2, 0.25) is 0 Å². The smallest absolute Gasteiger partial charge is 0.250 e. The number of nitrogens with one attached hydrogen (secondary N) is 1. The van der Waals surface area contributed by atoms with Crippen molar-refractivity contribution in [3.8, 4) is 11.4 Å². The largest absolute Gasteiger partial charge is 0.305 e. The molecule has 0 aliphatic carbocycles. The van der Waals surface area contributed by atoms with Crippen LogP contribution < -0.4 is 5.43 Å². The second kappa shape index (κ2) is 8.64. The molecule has 0 atom stereocenters. The number of hydrazone groups is 1. The summed E-state index contributed by atoms with van der Waals surface area (Å²) >= 11 is 7.32. The summed E-state index contributed by atoms with van der Waals surface area (Å²) in [5, 5.41) is 13.5. The van der Waals surface area contributed by atoms with E-state index >= 15 is 0 Å². The summed E-state index contributed by atoms with van der Waals surface area (Å²) in [7, 11) is 1.87. The van der Waals surface area contributed by atoms with Gasteiger partial charge in [0.1, 0.15) is 0 Å². The van der Waals surface area contributed by atoms with Crippen LogP contribution in [0.25, 0.3) is 11.4 Å². The minimum absolute atomic E-state index is 0.181. The Morgan fingerprint density at radius 3 is 2.69 bits per heavy atom. The summed E-state index contributed by atoms with van der Waals surface area (Å²) in [4.78, 5) is 11.9. The summed E-state index contributed by atoms with van der Waals surface area (Å²) < 4.78 is 1.86. The molecule has 2 aromatic carbocycles. The minimum Gasteiger partial charge on any atom is -0.305 e. The number of benzene rings is 2. The number of aromatic nitrogens is 3. The van der Waals surface area contributed by atoms with Gasteiger partial charge in [-0.2, -0.15) is 5.10 Å². The van der Waals surface area contributed by atoms with E-state index in [9.17, 15) is 4.79 Å². The van der Waals surface area contributed by atoms with Crippen LogP contribution in [0.2, 0.25) is 5.02 Å². The quantitative estimate of drug-likeness (QED) is 0.401. The average Bonchev–Trinajstić information content (AvgIpc) is 3.03. The van der Waals surface area contributed by atoms with Crippen LogP contribution in [0.5, 0.6) is 0 Å². The Labute approximate surface area is 160 Å². The van der Waals surface area contributed by atoms with Crippen molar-refractivity contribution in [2.75, 3.05) is 5.75 Å². The van der Waals surface area contributed by atoms with E-state index in [1.165, 1.54) is 18.0 Å². The first-order chi connectivity index (χ1) is 12.6. The molecular formula is C18H16ClN5OS. The Balaban J connectivity index is 1.55. The summed E-state index contributed by atoms with van der Waals surface area (Å²) in [5.41, 5.74) is 4.19. The molecule has 0 aliphatic heterocycles. The summed E-state index contributed by atoms with van der Waals surface area (Å²) in [6.07, 6.45) is 1.51. The summed E-state index contributed by atoms with van der Waals surface area (Å²) in [6, 6.07) is 17.0. The van der Waals surface area contributed by atoms with Gasteiger partial charge in [0.15, 0.2) is 11.0 Å². The average molecular weight is 386 g/mol. The predicted molar refractivity (Wildman–Crippen MR) is 104 cm³/mol. The molecule has 0 spiro atoms. The van der Waals surface area contributed by atoms with Crippen molar-refractivity contribution in [1.29, 1.82) is 0 Å². The molecule has 26 heavy (non-hydrogen) atoms. The van der Waals surface area contributed by atoms with E-state index in [0.717, 1.165) is 17.0 Å². The fourth-order valence-corrected chi connectivity index (χ4v) is 3.08. The Bertz CT molecular complexity index is 926. The van der Waals surface area contributed by atoms with Crippen molar-refractivity contribution in [1.82, 2.24) is 20.2 Å². The van der Waals surface area contributed by atoms with Gasteiger partial charge in [-0.1, -0.05) is 71.9 Å². The second-order valence-corrected chi connectivity index (χ2v) is 6.68. The zero-order chi connectivity index (χ0) is 18.4. The monoisotopic (exact) mass is 385 g/mol. The number of hydrogen-bond donors (Lipinski definition) is 1. The molecule has 0 saturated carbocycles. The highest BCUT2D eigenvalue weighted by Crippen LogP contribution is 2.22. The zero-order valence-electron chi connectivity index (χ0n) is 14.0. The summed E-state index contributed by atoms with van der Waals surface area (Å²) in [5.74, 6) is 0.702. The van der Waals surface area contributed by atoms with Gasteiger partial charge in [-0.05, 0) is 6.07 Å². The minimum atomic E-state index is -0.234. The molecular weight excluding hydrogens is 370 g/mol. The van der Waals surface area contributed by atoms with Gasteiger partial charge in [0.05, 0.1) is 12.0 Å². The lowest BCUT2D eigenvalue weighted by molar-refractivity contribution is -0.118. The summed E-state index contributed by atoms with van der Waals surface area (Å²) in [6.45, 7) is 0. The first kappa shape index (κ1) is 18.2. The Hall–Kier alpha value is -2.64. The molecule has 0 bridgehead atoms. The lowest BCUT2D eigenvalue weighted by atomic mass is 10.2. The molecule has 1 amide bonds. The van der Waals surface area contributed by atoms with Crippen molar-refractivity contribution < 1.29 is 4.79 Å². The fourth-order valence-electron chi connectivity index (χ4n) is 2.20. The van der Waals surface area contributed by atoms with E-state index in [0.29, 0.717) is 10.2 Å². The first-order valence-electron chi connectivity index (χ1n) is 7.79. The van der Waals surface area contributed by atoms with Gasteiger partial charge >= 0.3 is 0 Å². The van der Waals surface area contributed by atoms with Crippen LogP contribution in [0.3, 0.4) is 0 Å². The number of rotatable bonds is 6. The van der Waals surface area contributed by atoms with Crippen LogP contribution in [0.15, 0.2) is 64.9 Å². The normalized spacial score (nSPS) is 11.0. The third-order valence-electron chi connectivity index (χ3n) is 3.50. The highest BCUT2D eigenvalue weighted by molar-refractivity contribution is 7.99. The van der Waals surface area contributed by atoms with E-state index in [1.807, 2.05) is 60.1 Å². The maximum absolute atomic E-state index is 11.9. The molecule has 0 radical (unpaired) electrons. The van der Waals surface area contributed by atoms with Crippen LogP contribution in [-0.2, 0) is 11.8 Å². The molecule has 1 aromatic heterocycles. The molecule has 0 fully saturated rings. The molecule has 132 valence electrons. The zero-order valence-corrected chi connectivity index (χ0v) is 15.5. The molecule has 3 rings (SSSR count). The third kappa shape index (κ3) is 4.50. The van der Waals surface area contributed by atoms with E-state index in [2.05, 4.69) is 20.7 Å². The van der Waals surface area contributed by atoms with Crippen LogP contribution in [-0.4, -0.2) is 32.6 Å². The Kier molecular flexibility index (Phi) is 6.04. The highest BCUT2D eigenvalue weighted by atomic mass is 35.5. The standard InChI is InChI=1S/C18H16ClN5OS/c1-24-17(13-7-3-2-4-8-13)22-23-18(24)26-12-16(25)21-20-11-14-9-5-6-10-15(14)19/h2-11H,12H2,1H3,(H,21,25)/b20-11+. The molecule has 8 heteroatoms. The number of thioether (sulfide) groups is 1. The number of carbonyl (C=O) groups is 1. The highest BCUT2D eigenvalue weighted by Gasteiger charge is 2.12. The molecule has 6 nitrogen and oxygen atoms in total. The van der Waals surface area contributed by atoms with Gasteiger partial charge in [-0.15, -0.1) is 10.2 Å². The van der Waals surface area contributed by atoms with Gasteiger partial charge in [-0.3, -0.25) is 4.79 Å². The lowest BCUT2D eigenvalue weighted by Crippen LogP contribution is -2.19. The lowest BCUT2D eigenvalue weighted by Gasteiger charge is -2.03. The SMILES string of the molecule is Cn1c(SCC(=O)N/N=C/c2ccccc2Cl)nnc1-c1ccccc1. The third-order valence-corrected chi connectivity index (χ3v) is 4.86. The number of halogens is 1. The maximum Gasteiger partial charge on any atom is 0.250 e. The van der Waals surface area contributed by atoms with E-state index in [1.54, 1.807) is 6.07 Å². The molecule has 0 unspecified atom stereocenters. The number of nitrogens with zero attached hydrogens (tertiary/aromatic N) is 4. The van der Waals surface area contributed by atoms with Crippen molar-refractivity contribution in [2.45, 2.75) is 5.16 Å². The molecule has 0 saturated heterocycles. The Morgan fingerprint density at radius 2 is 1.92 bits per heavy atom. The van der Waals surface area contributed by atoms with Gasteiger partial charge in [-0.25, -0.2) is 5.43 Å². The topological polar surface area (TPSA) is 72.2 Å². The van der Waals surface area contributed by atoms with Crippen molar-refractivity contribution in [2.24, 2.45) is 12.1 Å². The van der Waals surface area contributed by atoms with Crippen molar-refractivity contribution >= 4 is 35.5 Å². The molecule has 0 aliphatic rings. The number of hydrogen-bond acceptors (Lipinski definition) is 5. The van der Waals surface area contributed by atoms with Crippen LogP contribution >= 0.6 is 23.4 Å². The predicted octanol–water partition coefficient (Wildman–Crippen LogP) is 3.38. The van der Waals surface area contributed by atoms with Crippen LogP contribution in [0, 0.1) is 0 Å². The van der Waals surface area contributed by atoms with Gasteiger partial charge in [0, 0.05) is 23.2 Å². The molecule has 3 aromatic rings. The van der Waals surface area contributed by atoms with E-state index in [-0.39, 0.29) is 11.7 Å². The van der Waals surface area contributed by atoms with Crippen molar-refractivity contribution in [3.63, 3.8) is 0 Å². The van der Waals surface area contributed by atoms with Crippen molar-refractivity contribution in [3.05, 3.63) is 65.2 Å². The van der Waals surface area contributed by atoms with Gasteiger partial charge in [0.25, 0.3) is 5.91 Å². The number of carbonyl (C=O) groups excluding carboxylic acids is 1. The Morgan fingerprint density at radius 1 is 1.19 bits per heavy atom. The van der Waals surface area contributed by atoms with Crippen LogP contribution in [0.1, 0.15) is 5.56 Å². The first-order valence-corrected chi connectivity index (χ1v) is 9.15. The second-order valence-electron chi connectivity index (χ2n) is 5.33. The molecule has 1 N–H and O–H groups in total. The van der Waals surface area contributed by atoms with E-state index in [4.69, 9.17) is 11.6 Å². The molecule has 1 heterocycles. The fraction of sp³-hybridized carbons (Fsp3) is 0.111. The number of amides is 1. The van der Waals surface area contributed by atoms with Gasteiger partial charge < -0.3 is 4.57 Å². The van der Waals surface area contributed by atoms with E-state index < -0.39 is 0 Å². The maximum atomic E-state index is 11.9. The van der Waals surface area contributed by atoms with Crippen LogP contribution in [0.4, 0.5) is 0 Å².